The van der Waals surface area contributed by atoms with Gasteiger partial charge in [0.25, 0.3) is 10.1 Å². The molecule has 4 nitrogen and oxygen atoms in total. The van der Waals surface area contributed by atoms with Crippen LogP contribution in [0.3, 0.4) is 0 Å². The fourth-order valence-electron chi connectivity index (χ4n) is 2.50. The number of rotatable bonds is 9. The largest absolute Gasteiger partial charge is 0.496 e. The van der Waals surface area contributed by atoms with Crippen molar-refractivity contribution in [2.45, 2.75) is 46.0 Å². The Hall–Kier alpha value is -0.590. The Morgan fingerprint density at radius 3 is 2.05 bits per heavy atom. The molecule has 1 aromatic carbocycles. The molecule has 0 radical (unpaired) electrons. The van der Waals surface area contributed by atoms with E-state index in [2.05, 4.69) is 26.0 Å². The maximum Gasteiger partial charge on any atom is 0.264 e. The first-order valence-corrected chi connectivity index (χ1v) is 9.13. The highest BCUT2D eigenvalue weighted by Gasteiger charge is 2.05. The van der Waals surface area contributed by atoms with Crippen LogP contribution in [0.2, 0.25) is 0 Å². The second kappa shape index (κ2) is 10.2. The molecule has 0 saturated carbocycles. The number of hydrogen-bond acceptors (Lipinski definition) is 4. The third kappa shape index (κ3) is 8.15. The quantitative estimate of drug-likeness (QED) is 0.469. The fourth-order valence-corrected chi connectivity index (χ4v) is 2.92. The molecule has 0 atom stereocenters. The normalized spacial score (nSPS) is 11.1. The SMILES string of the molecule is Br.COc1c(C)cc(CCCCCCOS(C)(=O)=O)cc1C. The minimum absolute atomic E-state index is 0. The van der Waals surface area contributed by atoms with Gasteiger partial charge in [-0.3, -0.25) is 4.18 Å². The summed E-state index contributed by atoms with van der Waals surface area (Å²) >= 11 is 0. The van der Waals surface area contributed by atoms with Crippen LogP contribution in [0.25, 0.3) is 0 Å². The molecule has 0 aromatic heterocycles. The predicted octanol–water partition coefficient (Wildman–Crippen LogP) is 3.97. The molecule has 0 amide bonds. The minimum atomic E-state index is -3.29. The van der Waals surface area contributed by atoms with E-state index >= 15 is 0 Å². The molecular weight excluding hydrogens is 368 g/mol. The smallest absolute Gasteiger partial charge is 0.264 e. The van der Waals surface area contributed by atoms with Crippen LogP contribution in [0.1, 0.15) is 42.4 Å². The molecule has 0 unspecified atom stereocenters. The van der Waals surface area contributed by atoms with E-state index in [0.717, 1.165) is 44.1 Å². The van der Waals surface area contributed by atoms with E-state index in [1.165, 1.54) is 16.7 Å². The summed E-state index contributed by atoms with van der Waals surface area (Å²) in [4.78, 5) is 0. The first kappa shape index (κ1) is 21.4. The van der Waals surface area contributed by atoms with E-state index in [1.54, 1.807) is 7.11 Å². The van der Waals surface area contributed by atoms with Crippen molar-refractivity contribution in [1.82, 2.24) is 0 Å². The molecular formula is C16H27BrO4S. The van der Waals surface area contributed by atoms with E-state index in [1.807, 2.05) is 0 Å². The average molecular weight is 395 g/mol. The van der Waals surface area contributed by atoms with Gasteiger partial charge in [0.2, 0.25) is 0 Å². The molecule has 0 saturated heterocycles. The first-order valence-electron chi connectivity index (χ1n) is 7.32. The molecule has 0 bridgehead atoms. The van der Waals surface area contributed by atoms with Gasteiger partial charge in [-0.05, 0) is 49.8 Å². The van der Waals surface area contributed by atoms with Gasteiger partial charge in [-0.2, -0.15) is 8.42 Å². The minimum Gasteiger partial charge on any atom is -0.496 e. The van der Waals surface area contributed by atoms with Crippen LogP contribution in [0.15, 0.2) is 12.1 Å². The van der Waals surface area contributed by atoms with Gasteiger partial charge in [0.05, 0.1) is 20.0 Å². The van der Waals surface area contributed by atoms with Gasteiger partial charge in [-0.1, -0.05) is 25.0 Å². The van der Waals surface area contributed by atoms with Crippen molar-refractivity contribution in [2.75, 3.05) is 20.0 Å². The third-order valence-electron chi connectivity index (χ3n) is 3.38. The van der Waals surface area contributed by atoms with Crippen molar-refractivity contribution in [3.63, 3.8) is 0 Å². The topological polar surface area (TPSA) is 52.6 Å². The Bertz CT molecular complexity index is 532. The molecule has 0 aliphatic carbocycles. The van der Waals surface area contributed by atoms with Crippen molar-refractivity contribution in [2.24, 2.45) is 0 Å². The van der Waals surface area contributed by atoms with Gasteiger partial charge < -0.3 is 4.74 Å². The zero-order chi connectivity index (χ0) is 15.9. The van der Waals surface area contributed by atoms with Gasteiger partial charge in [-0.25, -0.2) is 0 Å². The Morgan fingerprint density at radius 2 is 1.55 bits per heavy atom. The molecule has 0 N–H and O–H groups in total. The number of ether oxygens (including phenoxy) is 1. The number of unbranched alkanes of at least 4 members (excludes halogenated alkanes) is 3. The van der Waals surface area contributed by atoms with E-state index < -0.39 is 10.1 Å². The van der Waals surface area contributed by atoms with Crippen molar-refractivity contribution in [1.29, 1.82) is 0 Å². The summed E-state index contributed by atoms with van der Waals surface area (Å²) in [5, 5.41) is 0. The van der Waals surface area contributed by atoms with Crippen LogP contribution in [-0.4, -0.2) is 28.4 Å². The molecule has 22 heavy (non-hydrogen) atoms. The van der Waals surface area contributed by atoms with Gasteiger partial charge >= 0.3 is 0 Å². The zero-order valence-electron chi connectivity index (χ0n) is 13.8. The number of hydrogen-bond donors (Lipinski definition) is 0. The molecule has 0 aliphatic rings. The summed E-state index contributed by atoms with van der Waals surface area (Å²) in [6.45, 7) is 4.43. The fraction of sp³-hybridized carbons (Fsp3) is 0.625. The van der Waals surface area contributed by atoms with Gasteiger partial charge in [0.15, 0.2) is 0 Å². The zero-order valence-corrected chi connectivity index (χ0v) is 16.4. The summed E-state index contributed by atoms with van der Waals surface area (Å²) in [5.41, 5.74) is 3.68. The lowest BCUT2D eigenvalue weighted by Crippen LogP contribution is -2.03. The lowest BCUT2D eigenvalue weighted by Gasteiger charge is -2.11. The van der Waals surface area contributed by atoms with Gasteiger partial charge in [0.1, 0.15) is 5.75 Å². The van der Waals surface area contributed by atoms with Crippen LogP contribution in [0, 0.1) is 13.8 Å². The molecule has 6 heteroatoms. The van der Waals surface area contributed by atoms with Crippen molar-refractivity contribution >= 4 is 27.1 Å². The van der Waals surface area contributed by atoms with Crippen molar-refractivity contribution in [3.05, 3.63) is 28.8 Å². The number of benzene rings is 1. The number of methoxy groups -OCH3 is 1. The second-order valence-electron chi connectivity index (χ2n) is 5.45. The van der Waals surface area contributed by atoms with Crippen LogP contribution in [-0.2, 0) is 20.7 Å². The standard InChI is InChI=1S/C16H26O4S.BrH/c1-13-11-15(12-14(2)16(13)19-3)9-7-5-6-8-10-20-21(4,17)18;/h11-12H,5-10H2,1-4H3;1H. The maximum atomic E-state index is 10.8. The van der Waals surface area contributed by atoms with Crippen molar-refractivity contribution < 1.29 is 17.3 Å². The number of aryl methyl sites for hydroxylation is 3. The first-order chi connectivity index (χ1) is 9.83. The molecule has 0 spiro atoms. The summed E-state index contributed by atoms with van der Waals surface area (Å²) in [6, 6.07) is 4.36. The van der Waals surface area contributed by atoms with Crippen LogP contribution in [0.4, 0.5) is 0 Å². The lowest BCUT2D eigenvalue weighted by molar-refractivity contribution is 0.310. The summed E-state index contributed by atoms with van der Waals surface area (Å²) < 4.78 is 31.7. The highest BCUT2D eigenvalue weighted by atomic mass is 79.9. The molecule has 0 heterocycles. The number of halogens is 1. The summed E-state index contributed by atoms with van der Waals surface area (Å²) in [7, 11) is -1.59. The lowest BCUT2D eigenvalue weighted by atomic mass is 10.0. The van der Waals surface area contributed by atoms with Crippen LogP contribution < -0.4 is 4.74 Å². The monoisotopic (exact) mass is 394 g/mol. The molecule has 1 aromatic rings. The van der Waals surface area contributed by atoms with E-state index in [0.29, 0.717) is 6.61 Å². The Balaban J connectivity index is 0.00000441. The second-order valence-corrected chi connectivity index (χ2v) is 7.10. The Labute approximate surface area is 145 Å². The van der Waals surface area contributed by atoms with Crippen molar-refractivity contribution in [3.8, 4) is 5.75 Å². The van der Waals surface area contributed by atoms with Gasteiger partial charge in [0, 0.05) is 0 Å². The van der Waals surface area contributed by atoms with E-state index in [4.69, 9.17) is 8.92 Å². The van der Waals surface area contributed by atoms with E-state index in [9.17, 15) is 8.42 Å². The molecule has 0 aliphatic heterocycles. The summed E-state index contributed by atoms with van der Waals surface area (Å²) in [6.07, 6.45) is 6.08. The Morgan fingerprint density at radius 1 is 1.00 bits per heavy atom. The third-order valence-corrected chi connectivity index (χ3v) is 3.98. The highest BCUT2D eigenvalue weighted by Crippen LogP contribution is 2.25. The molecule has 0 fully saturated rings. The van der Waals surface area contributed by atoms with Crippen LogP contribution >= 0.6 is 17.0 Å². The Kier molecular flexibility index (Phi) is 9.96. The maximum absolute atomic E-state index is 10.8. The average Bonchev–Trinajstić information content (AvgIpc) is 2.36. The van der Waals surface area contributed by atoms with Gasteiger partial charge in [-0.15, -0.1) is 17.0 Å². The van der Waals surface area contributed by atoms with Crippen LogP contribution in [0.5, 0.6) is 5.75 Å². The van der Waals surface area contributed by atoms with E-state index in [-0.39, 0.29) is 17.0 Å². The summed E-state index contributed by atoms with van der Waals surface area (Å²) in [5.74, 6) is 0.969. The molecule has 128 valence electrons. The highest BCUT2D eigenvalue weighted by molar-refractivity contribution is 8.93. The predicted molar refractivity (Wildman–Crippen MR) is 95.8 cm³/mol. The molecule has 1 rings (SSSR count).